The van der Waals surface area contributed by atoms with Crippen LogP contribution in [0, 0.1) is 0 Å². The van der Waals surface area contributed by atoms with Crippen LogP contribution in [0.3, 0.4) is 0 Å². The number of unbranched alkanes of at least 4 members (excludes halogenated alkanes) is 31. The van der Waals surface area contributed by atoms with Crippen LogP contribution in [-0.2, 0) is 76.9 Å². The molecule has 0 saturated carbocycles. The zero-order chi connectivity index (χ0) is 62.2. The Morgan fingerprint density at radius 3 is 1.17 bits per heavy atom. The van der Waals surface area contributed by atoms with Gasteiger partial charge in [-0.2, -0.15) is 0 Å². The summed E-state index contributed by atoms with van der Waals surface area (Å²) in [6.45, 7) is 7.27. The first kappa shape index (κ1) is 74.8. The van der Waals surface area contributed by atoms with Crippen LogP contribution in [0.25, 0.3) is 0 Å². The van der Waals surface area contributed by atoms with Crippen molar-refractivity contribution >= 4 is 23.8 Å². The monoisotopic (exact) mass is 1210 g/mol. The predicted octanol–water partition coefficient (Wildman–Crippen LogP) is 17.7. The molecule has 87 heavy (non-hydrogen) atoms. The molecule has 1 amide bonds. The summed E-state index contributed by atoms with van der Waals surface area (Å²) < 4.78 is 51.3. The lowest BCUT2D eigenvalue weighted by Gasteiger charge is -2.45. The van der Waals surface area contributed by atoms with Gasteiger partial charge in [0.2, 0.25) is 5.91 Å². The molecule has 0 aromatic heterocycles. The van der Waals surface area contributed by atoms with Gasteiger partial charge in [0.25, 0.3) is 0 Å². The molecule has 0 radical (unpaired) electrons. The van der Waals surface area contributed by atoms with E-state index in [1.165, 1.54) is 181 Å². The van der Waals surface area contributed by atoms with Crippen LogP contribution in [0.5, 0.6) is 0 Å². The number of rotatable bonds is 53. The molecule has 3 aromatic carbocycles. The van der Waals surface area contributed by atoms with Gasteiger partial charge in [-0.15, -0.1) is 0 Å². The summed E-state index contributed by atoms with van der Waals surface area (Å²) in [6.07, 6.45) is 33.5. The largest absolute Gasteiger partial charge is 0.467 e. The van der Waals surface area contributed by atoms with Gasteiger partial charge in [-0.05, 0) is 36.0 Å². The molecule has 490 valence electrons. The maximum absolute atomic E-state index is 14.3. The van der Waals surface area contributed by atoms with Crippen LogP contribution in [-0.4, -0.2) is 86.5 Å². The fourth-order valence-electron chi connectivity index (χ4n) is 11.8. The van der Waals surface area contributed by atoms with Crippen molar-refractivity contribution < 1.29 is 57.1 Å². The Hall–Kier alpha value is -4.66. The molecule has 13 heteroatoms. The summed E-state index contributed by atoms with van der Waals surface area (Å²) in [5.41, 5.74) is 2.62. The van der Waals surface area contributed by atoms with Gasteiger partial charge < -0.3 is 43.2 Å². The molecule has 1 heterocycles. The number of carbonyl (C=O) groups excluding carboxylic acids is 4. The standard InChI is InChI=1S/C74H117NO12/c1-6-8-10-12-14-16-18-20-21-22-23-24-25-26-27-28-30-32-34-36-47-55-67(78)75-65(68(86-61(4)77)66(85-60(3)76)54-46-35-33-31-29-19-17-15-13-11-9-7-2)59-84-74-72(83-58-64-52-44-39-45-53-64)70(82-57-63-50-42-38-43-51-63)69(71(87-74)73(79)80-5)81-56-62-48-40-37-41-49-62/h37-45,48-53,65-66,68-72,74H,6-36,46-47,54-59H2,1-5H3,(H,75,78)/t65-,66+,68-,69+,70-,71-,72+,74-/m0/s1. The third-order valence-corrected chi connectivity index (χ3v) is 16.8. The lowest BCUT2D eigenvalue weighted by atomic mass is 9.97. The molecule has 13 nitrogen and oxygen atoms in total. The fraction of sp³-hybridized carbons (Fsp3) is 0.703. The van der Waals surface area contributed by atoms with Gasteiger partial charge in [-0.25, -0.2) is 4.79 Å². The quantitative estimate of drug-likeness (QED) is 0.0325. The third kappa shape index (κ3) is 34.2. The van der Waals surface area contributed by atoms with Gasteiger partial charge in [0.1, 0.15) is 24.4 Å². The minimum atomic E-state index is -1.35. The highest BCUT2D eigenvalue weighted by molar-refractivity contribution is 5.76. The van der Waals surface area contributed by atoms with Gasteiger partial charge in [0.15, 0.2) is 18.5 Å². The zero-order valence-electron chi connectivity index (χ0n) is 54.8. The van der Waals surface area contributed by atoms with Crippen molar-refractivity contribution in [3.63, 3.8) is 0 Å². The number of amides is 1. The number of nitrogens with one attached hydrogen (secondary N) is 1. The second kappa shape index (κ2) is 49.2. The van der Waals surface area contributed by atoms with Crippen LogP contribution in [0.1, 0.15) is 269 Å². The van der Waals surface area contributed by atoms with E-state index in [0.717, 1.165) is 55.2 Å². The highest BCUT2D eigenvalue weighted by Gasteiger charge is 2.52. The van der Waals surface area contributed by atoms with E-state index >= 15 is 0 Å². The van der Waals surface area contributed by atoms with Gasteiger partial charge in [0, 0.05) is 20.3 Å². The Kier molecular flexibility index (Phi) is 42.3. The van der Waals surface area contributed by atoms with E-state index in [1.54, 1.807) is 0 Å². The predicted molar refractivity (Wildman–Crippen MR) is 348 cm³/mol. The van der Waals surface area contributed by atoms with Crippen molar-refractivity contribution in [1.29, 1.82) is 0 Å². The van der Waals surface area contributed by atoms with Crippen molar-refractivity contribution in [3.05, 3.63) is 108 Å². The summed E-state index contributed by atoms with van der Waals surface area (Å²) in [6, 6.07) is 28.0. The van der Waals surface area contributed by atoms with Crippen molar-refractivity contribution in [2.75, 3.05) is 13.7 Å². The second-order valence-corrected chi connectivity index (χ2v) is 24.5. The van der Waals surface area contributed by atoms with E-state index < -0.39 is 66.9 Å². The summed E-state index contributed by atoms with van der Waals surface area (Å²) in [5.74, 6) is -2.10. The van der Waals surface area contributed by atoms with Gasteiger partial charge in [0.05, 0.1) is 39.6 Å². The zero-order valence-corrected chi connectivity index (χ0v) is 54.8. The molecular formula is C74H117NO12. The molecule has 0 bridgehead atoms. The number of ether oxygens (including phenoxy) is 8. The lowest BCUT2D eigenvalue weighted by molar-refractivity contribution is -0.321. The Morgan fingerprint density at radius 1 is 0.437 bits per heavy atom. The molecule has 0 unspecified atom stereocenters. The van der Waals surface area contributed by atoms with Crippen molar-refractivity contribution in [3.8, 4) is 0 Å². The molecule has 8 atom stereocenters. The lowest BCUT2D eigenvalue weighted by Crippen LogP contribution is -2.63. The molecular weight excluding hydrogens is 1090 g/mol. The Balaban J connectivity index is 1.48. The topological polar surface area (TPSA) is 154 Å². The summed E-state index contributed by atoms with van der Waals surface area (Å²) in [5, 5.41) is 3.17. The number of carbonyl (C=O) groups is 4. The normalized spacial score (nSPS) is 17.7. The highest BCUT2D eigenvalue weighted by Crippen LogP contribution is 2.33. The average Bonchev–Trinajstić information content (AvgIpc) is 1.77. The molecule has 1 aliphatic heterocycles. The van der Waals surface area contributed by atoms with Gasteiger partial charge >= 0.3 is 17.9 Å². The minimum Gasteiger partial charge on any atom is -0.467 e. The second-order valence-electron chi connectivity index (χ2n) is 24.5. The van der Waals surface area contributed by atoms with Crippen molar-refractivity contribution in [1.82, 2.24) is 5.32 Å². The smallest absolute Gasteiger partial charge is 0.337 e. The maximum Gasteiger partial charge on any atom is 0.337 e. The maximum atomic E-state index is 14.3. The first-order valence-electron chi connectivity index (χ1n) is 34.6. The number of benzene rings is 3. The Labute approximate surface area is 526 Å². The van der Waals surface area contributed by atoms with E-state index in [2.05, 4.69) is 19.2 Å². The highest BCUT2D eigenvalue weighted by atomic mass is 16.7. The summed E-state index contributed by atoms with van der Waals surface area (Å²) in [4.78, 5) is 54.4. The Morgan fingerprint density at radius 2 is 0.793 bits per heavy atom. The summed E-state index contributed by atoms with van der Waals surface area (Å²) in [7, 11) is 1.29. The molecule has 1 fully saturated rings. The van der Waals surface area contributed by atoms with Crippen LogP contribution < -0.4 is 5.32 Å². The molecule has 1 saturated heterocycles. The SMILES string of the molecule is CCCCCCCCCCCCCCCCCCCCCCCC(=O)N[C@@H](CO[C@H]1O[C@H](C(=O)OC)[C@H](OCc2ccccc2)[C@H](OCc2ccccc2)[C@H]1OCc1ccccc1)[C@H](OC(C)=O)[C@@H](CCCCCCCCCCCCCC)OC(C)=O. The van der Waals surface area contributed by atoms with Crippen LogP contribution in [0.2, 0.25) is 0 Å². The number of hydrogen-bond donors (Lipinski definition) is 1. The number of hydrogen-bond acceptors (Lipinski definition) is 12. The molecule has 1 N–H and O–H groups in total. The Bertz CT molecular complexity index is 2160. The van der Waals surface area contributed by atoms with Crippen LogP contribution >= 0.6 is 0 Å². The van der Waals surface area contributed by atoms with Gasteiger partial charge in [-0.3, -0.25) is 14.4 Å². The third-order valence-electron chi connectivity index (χ3n) is 16.8. The molecule has 0 aliphatic carbocycles. The van der Waals surface area contributed by atoms with Crippen molar-refractivity contribution in [2.45, 2.75) is 321 Å². The van der Waals surface area contributed by atoms with Crippen LogP contribution in [0.4, 0.5) is 0 Å². The van der Waals surface area contributed by atoms with Crippen molar-refractivity contribution in [2.24, 2.45) is 0 Å². The van der Waals surface area contributed by atoms with Gasteiger partial charge in [-0.1, -0.05) is 304 Å². The molecule has 4 rings (SSSR count). The number of methoxy groups -OCH3 is 1. The first-order valence-corrected chi connectivity index (χ1v) is 34.6. The van der Waals surface area contributed by atoms with Crippen LogP contribution in [0.15, 0.2) is 91.0 Å². The van der Waals surface area contributed by atoms with E-state index in [1.807, 2.05) is 91.0 Å². The molecule has 0 spiro atoms. The number of esters is 3. The average molecular weight is 1210 g/mol. The molecule has 1 aliphatic rings. The molecule has 3 aromatic rings. The van der Waals surface area contributed by atoms with E-state index in [-0.39, 0.29) is 38.8 Å². The summed E-state index contributed by atoms with van der Waals surface area (Å²) >= 11 is 0. The fourth-order valence-corrected chi connectivity index (χ4v) is 11.8. The van der Waals surface area contributed by atoms with E-state index in [9.17, 15) is 19.2 Å². The van der Waals surface area contributed by atoms with E-state index in [0.29, 0.717) is 19.3 Å². The first-order chi connectivity index (χ1) is 42.6. The minimum absolute atomic E-state index is 0.123. The van der Waals surface area contributed by atoms with E-state index in [4.69, 9.17) is 37.9 Å².